The first-order valence-corrected chi connectivity index (χ1v) is 9.36. The Bertz CT molecular complexity index is 1020. The minimum Gasteiger partial charge on any atom is -0.381 e. The second-order valence-electron chi connectivity index (χ2n) is 7.30. The maximum Gasteiger partial charge on any atom is 0.207 e. The summed E-state index contributed by atoms with van der Waals surface area (Å²) in [6.45, 7) is 9.16. The quantitative estimate of drug-likeness (QED) is 0.696. The van der Waals surface area contributed by atoms with Gasteiger partial charge in [-0.05, 0) is 51.3 Å². The predicted molar refractivity (Wildman–Crippen MR) is 113 cm³/mol. The highest BCUT2D eigenvalue weighted by atomic mass is 19.1. The highest BCUT2D eigenvalue weighted by Gasteiger charge is 2.26. The molecule has 0 amide bonds. The van der Waals surface area contributed by atoms with Crippen LogP contribution in [0.4, 0.5) is 26.1 Å². The van der Waals surface area contributed by atoms with E-state index < -0.39 is 5.82 Å². The molecule has 3 N–H and O–H groups in total. The molecule has 1 atom stereocenters. The highest BCUT2D eigenvalue weighted by Crippen LogP contribution is 2.36. The zero-order valence-corrected chi connectivity index (χ0v) is 17.2. The minimum absolute atomic E-state index is 0.0302. The van der Waals surface area contributed by atoms with Crippen molar-refractivity contribution >= 4 is 23.0 Å². The number of nitrogen functional groups attached to an aromatic ring is 1. The van der Waals surface area contributed by atoms with Gasteiger partial charge in [-0.2, -0.15) is 4.39 Å². The fraction of sp³-hybridized carbons (Fsp3) is 0.273. The molecular weight excluding hydrogens is 372 g/mol. The van der Waals surface area contributed by atoms with Crippen LogP contribution < -0.4 is 11.1 Å². The average Bonchev–Trinajstić information content (AvgIpc) is 2.65. The predicted octanol–water partition coefficient (Wildman–Crippen LogP) is 5.67. The van der Waals surface area contributed by atoms with Gasteiger partial charge >= 0.3 is 0 Å². The van der Waals surface area contributed by atoms with Crippen LogP contribution in [0.5, 0.6) is 0 Å². The van der Waals surface area contributed by atoms with Crippen molar-refractivity contribution in [2.45, 2.75) is 34.6 Å². The van der Waals surface area contributed by atoms with E-state index in [9.17, 15) is 8.78 Å². The number of aromatic nitrogens is 2. The van der Waals surface area contributed by atoms with Crippen LogP contribution in [0.15, 0.2) is 53.6 Å². The van der Waals surface area contributed by atoms with E-state index in [0.717, 1.165) is 16.8 Å². The molecule has 2 heterocycles. The number of halogens is 2. The molecule has 0 bridgehead atoms. The van der Waals surface area contributed by atoms with Gasteiger partial charge in [0, 0.05) is 17.6 Å². The molecule has 0 saturated heterocycles. The second-order valence-corrected chi connectivity index (χ2v) is 7.30. The Morgan fingerprint density at radius 2 is 1.83 bits per heavy atom. The van der Waals surface area contributed by atoms with Crippen molar-refractivity contribution in [2.75, 3.05) is 11.1 Å². The van der Waals surface area contributed by atoms with Gasteiger partial charge in [0.2, 0.25) is 5.82 Å². The standard InChI is InChI=1S/C22H25F2N5/c1-12-6-8-17(9-7-12)26-21-18(24)20(25)27-22(28-21)19-16(5)13(2)10-15(4)29(19)11-14(3)23/h6-11,13H,1-5H3,(H3,25,26,27,28). The number of nitrogens with zero attached hydrogens (tertiary/aromatic N) is 3. The molecule has 1 aliphatic rings. The third kappa shape index (κ3) is 4.29. The Balaban J connectivity index is 2.11. The lowest BCUT2D eigenvalue weighted by molar-refractivity contribution is 0.550. The molecule has 152 valence electrons. The van der Waals surface area contributed by atoms with Crippen LogP contribution in [0, 0.1) is 18.7 Å². The lowest BCUT2D eigenvalue weighted by atomic mass is 9.94. The number of hydrogen-bond donors (Lipinski definition) is 2. The van der Waals surface area contributed by atoms with Crippen LogP contribution in [-0.2, 0) is 0 Å². The number of hydrogen-bond acceptors (Lipinski definition) is 5. The van der Waals surface area contributed by atoms with Gasteiger partial charge in [-0.1, -0.05) is 30.7 Å². The Labute approximate surface area is 169 Å². The van der Waals surface area contributed by atoms with E-state index in [1.165, 1.54) is 13.1 Å². The lowest BCUT2D eigenvalue weighted by Gasteiger charge is -2.32. The molecule has 3 rings (SSSR count). The third-order valence-electron chi connectivity index (χ3n) is 4.88. The summed E-state index contributed by atoms with van der Waals surface area (Å²) in [5.41, 5.74) is 9.97. The van der Waals surface area contributed by atoms with Gasteiger partial charge in [-0.25, -0.2) is 14.4 Å². The maximum absolute atomic E-state index is 14.6. The van der Waals surface area contributed by atoms with Gasteiger partial charge in [0.25, 0.3) is 0 Å². The Morgan fingerprint density at radius 1 is 1.17 bits per heavy atom. The first kappa shape index (κ1) is 20.5. The number of nitrogens with two attached hydrogens (primary N) is 1. The number of allylic oxidation sites excluding steroid dienone is 4. The van der Waals surface area contributed by atoms with Crippen molar-refractivity contribution in [2.24, 2.45) is 5.92 Å². The van der Waals surface area contributed by atoms with Crippen LogP contribution in [-0.4, -0.2) is 14.9 Å². The van der Waals surface area contributed by atoms with Gasteiger partial charge in [-0.15, -0.1) is 0 Å². The zero-order chi connectivity index (χ0) is 21.3. The number of rotatable bonds is 4. The molecule has 2 aromatic rings. The monoisotopic (exact) mass is 397 g/mol. The van der Waals surface area contributed by atoms with Gasteiger partial charge < -0.3 is 16.0 Å². The summed E-state index contributed by atoms with van der Waals surface area (Å²) in [6, 6.07) is 7.47. The van der Waals surface area contributed by atoms with Crippen LogP contribution >= 0.6 is 0 Å². The van der Waals surface area contributed by atoms with Crippen molar-refractivity contribution in [3.05, 3.63) is 70.8 Å². The summed E-state index contributed by atoms with van der Waals surface area (Å²) in [5, 5.41) is 2.96. The van der Waals surface area contributed by atoms with E-state index >= 15 is 0 Å². The van der Waals surface area contributed by atoms with E-state index in [1.54, 1.807) is 4.90 Å². The number of benzene rings is 1. The van der Waals surface area contributed by atoms with Gasteiger partial charge in [0.1, 0.15) is 5.83 Å². The fourth-order valence-electron chi connectivity index (χ4n) is 3.20. The van der Waals surface area contributed by atoms with Crippen LogP contribution in [0.25, 0.3) is 5.70 Å². The summed E-state index contributed by atoms with van der Waals surface area (Å²) in [6.07, 6.45) is 3.39. The van der Waals surface area contributed by atoms with E-state index in [2.05, 4.69) is 15.3 Å². The minimum atomic E-state index is -0.729. The summed E-state index contributed by atoms with van der Waals surface area (Å²) < 4.78 is 28.4. The fourth-order valence-corrected chi connectivity index (χ4v) is 3.20. The largest absolute Gasteiger partial charge is 0.381 e. The molecule has 7 heteroatoms. The first-order chi connectivity index (χ1) is 13.7. The van der Waals surface area contributed by atoms with E-state index in [-0.39, 0.29) is 29.2 Å². The topological polar surface area (TPSA) is 67.1 Å². The van der Waals surface area contributed by atoms with Gasteiger partial charge in [0.05, 0.1) is 5.70 Å². The number of nitrogens with one attached hydrogen (secondary N) is 1. The highest BCUT2D eigenvalue weighted by molar-refractivity contribution is 5.70. The Morgan fingerprint density at radius 3 is 2.45 bits per heavy atom. The molecule has 0 radical (unpaired) electrons. The van der Waals surface area contributed by atoms with Crippen molar-refractivity contribution in [3.8, 4) is 0 Å². The normalized spacial score (nSPS) is 17.5. The summed E-state index contributed by atoms with van der Waals surface area (Å²) in [4.78, 5) is 10.2. The molecule has 1 aromatic heterocycles. The molecule has 5 nitrogen and oxygen atoms in total. The summed E-state index contributed by atoms with van der Waals surface area (Å²) in [7, 11) is 0. The average molecular weight is 397 g/mol. The summed E-state index contributed by atoms with van der Waals surface area (Å²) >= 11 is 0. The summed E-state index contributed by atoms with van der Waals surface area (Å²) in [5.74, 6) is -1.08. The Kier molecular flexibility index (Phi) is 5.68. The molecular formula is C22H25F2N5. The van der Waals surface area contributed by atoms with Crippen molar-refractivity contribution in [1.29, 1.82) is 0 Å². The zero-order valence-electron chi connectivity index (χ0n) is 17.2. The van der Waals surface area contributed by atoms with Crippen LogP contribution in [0.3, 0.4) is 0 Å². The molecule has 0 fully saturated rings. The van der Waals surface area contributed by atoms with Gasteiger partial charge in [-0.3, -0.25) is 0 Å². The SMILES string of the molecule is CC(F)=CN1C(C)=CC(C)C(C)=C1c1nc(N)c(F)c(Nc2ccc(C)cc2)n1. The van der Waals surface area contributed by atoms with Crippen LogP contribution in [0.1, 0.15) is 39.1 Å². The van der Waals surface area contributed by atoms with E-state index in [0.29, 0.717) is 11.4 Å². The second kappa shape index (κ2) is 8.03. The van der Waals surface area contributed by atoms with Gasteiger partial charge in [0.15, 0.2) is 17.5 Å². The molecule has 0 aliphatic carbocycles. The Hall–Kier alpha value is -3.22. The van der Waals surface area contributed by atoms with Crippen molar-refractivity contribution < 1.29 is 8.78 Å². The molecule has 0 spiro atoms. The number of aryl methyl sites for hydroxylation is 1. The first-order valence-electron chi connectivity index (χ1n) is 9.36. The van der Waals surface area contributed by atoms with E-state index in [1.807, 2.05) is 58.0 Å². The van der Waals surface area contributed by atoms with Crippen molar-refractivity contribution in [1.82, 2.24) is 14.9 Å². The molecule has 1 aliphatic heterocycles. The molecule has 1 aromatic carbocycles. The number of anilines is 3. The van der Waals surface area contributed by atoms with Crippen LogP contribution in [0.2, 0.25) is 0 Å². The van der Waals surface area contributed by atoms with E-state index in [4.69, 9.17) is 5.73 Å². The maximum atomic E-state index is 14.6. The smallest absolute Gasteiger partial charge is 0.207 e. The molecule has 0 saturated carbocycles. The third-order valence-corrected chi connectivity index (χ3v) is 4.88. The van der Waals surface area contributed by atoms with Crippen molar-refractivity contribution in [3.63, 3.8) is 0 Å². The molecule has 1 unspecified atom stereocenters. The lowest BCUT2D eigenvalue weighted by Crippen LogP contribution is -2.24. The molecule has 29 heavy (non-hydrogen) atoms.